The van der Waals surface area contributed by atoms with Crippen molar-refractivity contribution in [2.45, 2.75) is 13.5 Å². The number of methoxy groups -OCH3 is 1. The molecular weight excluding hydrogens is 349 g/mol. The molecule has 1 N–H and O–H groups in total. The first kappa shape index (κ1) is 18.6. The zero-order chi connectivity index (χ0) is 18.5. The zero-order valence-electron chi connectivity index (χ0n) is 15.2. The Bertz CT molecular complexity index is 775. The number of piperazine rings is 1. The van der Waals surface area contributed by atoms with Gasteiger partial charge in [0.15, 0.2) is 5.11 Å². The quantitative estimate of drug-likeness (QED) is 0.826. The smallest absolute Gasteiger partial charge is 0.173 e. The van der Waals surface area contributed by atoms with E-state index in [0.29, 0.717) is 5.11 Å². The Morgan fingerprint density at radius 1 is 1.15 bits per heavy atom. The SMILES string of the molecule is COc1ccc(C)cc1NC(=S)N1CCN(Cc2cccc(F)c2)CC1. The molecule has 6 heteroatoms. The fourth-order valence-electron chi connectivity index (χ4n) is 3.12. The molecule has 0 radical (unpaired) electrons. The molecule has 138 valence electrons. The van der Waals surface area contributed by atoms with Crippen LogP contribution in [0.4, 0.5) is 10.1 Å². The van der Waals surface area contributed by atoms with Crippen molar-refractivity contribution in [1.29, 1.82) is 0 Å². The number of benzene rings is 2. The molecule has 1 saturated heterocycles. The number of hydrogen-bond acceptors (Lipinski definition) is 3. The van der Waals surface area contributed by atoms with Crippen LogP contribution in [0.15, 0.2) is 42.5 Å². The molecule has 2 aromatic rings. The maximum absolute atomic E-state index is 13.3. The van der Waals surface area contributed by atoms with E-state index in [2.05, 4.69) is 15.1 Å². The molecule has 0 unspecified atom stereocenters. The second kappa shape index (κ2) is 8.47. The van der Waals surface area contributed by atoms with Crippen molar-refractivity contribution in [3.8, 4) is 5.75 Å². The first-order valence-corrected chi connectivity index (χ1v) is 9.13. The first-order chi connectivity index (χ1) is 12.5. The predicted molar refractivity (Wildman–Crippen MR) is 107 cm³/mol. The van der Waals surface area contributed by atoms with Gasteiger partial charge in [-0.1, -0.05) is 18.2 Å². The maximum atomic E-state index is 13.3. The molecule has 1 fully saturated rings. The van der Waals surface area contributed by atoms with Crippen LogP contribution in [0.25, 0.3) is 0 Å². The summed E-state index contributed by atoms with van der Waals surface area (Å²) >= 11 is 5.58. The summed E-state index contributed by atoms with van der Waals surface area (Å²) in [6, 6.07) is 12.8. The van der Waals surface area contributed by atoms with Gasteiger partial charge in [0, 0.05) is 32.7 Å². The number of thiocarbonyl (C=S) groups is 1. The van der Waals surface area contributed by atoms with Crippen molar-refractivity contribution in [3.05, 3.63) is 59.4 Å². The van der Waals surface area contributed by atoms with E-state index in [1.807, 2.05) is 31.2 Å². The highest BCUT2D eigenvalue weighted by Crippen LogP contribution is 2.25. The molecule has 1 heterocycles. The average molecular weight is 373 g/mol. The van der Waals surface area contributed by atoms with Crippen LogP contribution in [-0.2, 0) is 6.54 Å². The topological polar surface area (TPSA) is 27.7 Å². The molecular formula is C20H24FN3OS. The second-order valence-corrected chi connectivity index (χ2v) is 6.91. The predicted octanol–water partition coefficient (Wildman–Crippen LogP) is 3.66. The van der Waals surface area contributed by atoms with Gasteiger partial charge in [0.25, 0.3) is 0 Å². The third-order valence-electron chi connectivity index (χ3n) is 4.55. The van der Waals surface area contributed by atoms with Gasteiger partial charge in [0.05, 0.1) is 12.8 Å². The van der Waals surface area contributed by atoms with E-state index >= 15 is 0 Å². The summed E-state index contributed by atoms with van der Waals surface area (Å²) in [7, 11) is 1.66. The largest absolute Gasteiger partial charge is 0.495 e. The lowest BCUT2D eigenvalue weighted by Crippen LogP contribution is -2.49. The third-order valence-corrected chi connectivity index (χ3v) is 4.91. The Balaban J connectivity index is 1.54. The highest BCUT2D eigenvalue weighted by Gasteiger charge is 2.20. The van der Waals surface area contributed by atoms with E-state index in [-0.39, 0.29) is 5.82 Å². The number of anilines is 1. The minimum Gasteiger partial charge on any atom is -0.495 e. The number of rotatable bonds is 4. The third kappa shape index (κ3) is 4.71. The van der Waals surface area contributed by atoms with Crippen LogP contribution < -0.4 is 10.1 Å². The van der Waals surface area contributed by atoms with E-state index in [0.717, 1.165) is 55.3 Å². The molecule has 0 amide bonds. The van der Waals surface area contributed by atoms with Crippen LogP contribution in [0.1, 0.15) is 11.1 Å². The van der Waals surface area contributed by atoms with E-state index < -0.39 is 0 Å². The lowest BCUT2D eigenvalue weighted by molar-refractivity contribution is 0.177. The van der Waals surface area contributed by atoms with Crippen LogP contribution in [-0.4, -0.2) is 48.2 Å². The van der Waals surface area contributed by atoms with Crippen LogP contribution >= 0.6 is 12.2 Å². The van der Waals surface area contributed by atoms with Crippen LogP contribution in [0.5, 0.6) is 5.75 Å². The Labute approximate surface area is 159 Å². The van der Waals surface area contributed by atoms with Gasteiger partial charge >= 0.3 is 0 Å². The highest BCUT2D eigenvalue weighted by molar-refractivity contribution is 7.80. The van der Waals surface area contributed by atoms with E-state index in [1.54, 1.807) is 19.2 Å². The van der Waals surface area contributed by atoms with Crippen molar-refractivity contribution in [2.24, 2.45) is 0 Å². The summed E-state index contributed by atoms with van der Waals surface area (Å²) in [5.41, 5.74) is 3.04. The minimum absolute atomic E-state index is 0.182. The van der Waals surface area contributed by atoms with Gasteiger partial charge in [-0.15, -0.1) is 0 Å². The van der Waals surface area contributed by atoms with Gasteiger partial charge in [0.2, 0.25) is 0 Å². The number of nitrogens with one attached hydrogen (secondary N) is 1. The number of nitrogens with zero attached hydrogens (tertiary/aromatic N) is 2. The molecule has 4 nitrogen and oxygen atoms in total. The van der Waals surface area contributed by atoms with Gasteiger partial charge in [-0.3, -0.25) is 4.90 Å². The van der Waals surface area contributed by atoms with E-state index in [1.165, 1.54) is 6.07 Å². The van der Waals surface area contributed by atoms with Gasteiger partial charge in [-0.2, -0.15) is 0 Å². The Morgan fingerprint density at radius 3 is 2.62 bits per heavy atom. The van der Waals surface area contributed by atoms with Crippen LogP contribution in [0, 0.1) is 12.7 Å². The van der Waals surface area contributed by atoms with Crippen molar-refractivity contribution in [3.63, 3.8) is 0 Å². The summed E-state index contributed by atoms with van der Waals surface area (Å²) in [6.07, 6.45) is 0. The van der Waals surface area contributed by atoms with Crippen LogP contribution in [0.3, 0.4) is 0 Å². The molecule has 3 rings (SSSR count). The Hall–Kier alpha value is -2.18. The van der Waals surface area contributed by atoms with E-state index in [4.69, 9.17) is 17.0 Å². The molecule has 1 aliphatic rings. The number of hydrogen-bond donors (Lipinski definition) is 1. The molecule has 0 aliphatic carbocycles. The average Bonchev–Trinajstić information content (AvgIpc) is 2.62. The van der Waals surface area contributed by atoms with Crippen molar-refractivity contribution in [2.75, 3.05) is 38.6 Å². The van der Waals surface area contributed by atoms with Gasteiger partial charge in [-0.05, 0) is 54.5 Å². The minimum atomic E-state index is -0.182. The number of aryl methyl sites for hydroxylation is 1. The second-order valence-electron chi connectivity index (χ2n) is 6.53. The highest BCUT2D eigenvalue weighted by atomic mass is 32.1. The monoisotopic (exact) mass is 373 g/mol. The number of halogens is 1. The van der Waals surface area contributed by atoms with Crippen molar-refractivity contribution >= 4 is 23.0 Å². The zero-order valence-corrected chi connectivity index (χ0v) is 16.0. The first-order valence-electron chi connectivity index (χ1n) is 8.72. The molecule has 2 aromatic carbocycles. The van der Waals surface area contributed by atoms with Gasteiger partial charge in [-0.25, -0.2) is 4.39 Å². The fraction of sp³-hybridized carbons (Fsp3) is 0.350. The Morgan fingerprint density at radius 2 is 1.92 bits per heavy atom. The maximum Gasteiger partial charge on any atom is 0.173 e. The molecule has 0 bridgehead atoms. The molecule has 0 saturated carbocycles. The summed E-state index contributed by atoms with van der Waals surface area (Å²) < 4.78 is 18.7. The van der Waals surface area contributed by atoms with E-state index in [9.17, 15) is 4.39 Å². The summed E-state index contributed by atoms with van der Waals surface area (Å²) in [5, 5.41) is 4.02. The molecule has 26 heavy (non-hydrogen) atoms. The van der Waals surface area contributed by atoms with Crippen molar-refractivity contribution < 1.29 is 9.13 Å². The number of ether oxygens (including phenoxy) is 1. The summed E-state index contributed by atoms with van der Waals surface area (Å²) in [6.45, 7) is 6.27. The molecule has 0 spiro atoms. The Kier molecular flexibility index (Phi) is 6.06. The standard InChI is InChI=1S/C20H24FN3OS/c1-15-6-7-19(25-2)18(12-15)22-20(26)24-10-8-23(9-11-24)14-16-4-3-5-17(21)13-16/h3-7,12-13H,8-11,14H2,1-2H3,(H,22,26). The van der Waals surface area contributed by atoms with Crippen molar-refractivity contribution in [1.82, 2.24) is 9.80 Å². The van der Waals surface area contributed by atoms with Gasteiger partial charge in [0.1, 0.15) is 11.6 Å². The lowest BCUT2D eigenvalue weighted by atomic mass is 10.2. The fourth-order valence-corrected chi connectivity index (χ4v) is 3.41. The van der Waals surface area contributed by atoms with Crippen LogP contribution in [0.2, 0.25) is 0 Å². The molecule has 1 aliphatic heterocycles. The normalized spacial score (nSPS) is 15.0. The molecule has 0 aromatic heterocycles. The summed E-state index contributed by atoms with van der Waals surface area (Å²) in [5.74, 6) is 0.598. The molecule has 0 atom stereocenters. The lowest BCUT2D eigenvalue weighted by Gasteiger charge is -2.36. The van der Waals surface area contributed by atoms with Gasteiger partial charge < -0.3 is 15.0 Å². The summed E-state index contributed by atoms with van der Waals surface area (Å²) in [4.78, 5) is 4.49.